The number of nitrogens with one attached hydrogen (secondary N) is 1. The molecule has 0 fully saturated rings. The quantitative estimate of drug-likeness (QED) is 0.128. The van der Waals surface area contributed by atoms with Crippen molar-refractivity contribution in [3.63, 3.8) is 0 Å². The van der Waals surface area contributed by atoms with Crippen LogP contribution in [0, 0.1) is 0 Å². The molecule has 42 heavy (non-hydrogen) atoms. The van der Waals surface area contributed by atoms with Crippen molar-refractivity contribution in [2.75, 3.05) is 17.7 Å². The van der Waals surface area contributed by atoms with Crippen LogP contribution in [0.4, 0.5) is 5.95 Å². The lowest BCUT2D eigenvalue weighted by atomic mass is 9.95. The number of hydrogen-bond acceptors (Lipinski definition) is 8. The van der Waals surface area contributed by atoms with Gasteiger partial charge in [0.2, 0.25) is 11.1 Å². The van der Waals surface area contributed by atoms with E-state index in [-0.39, 0.29) is 6.61 Å². The Labute approximate surface area is 262 Å². The lowest BCUT2D eigenvalue weighted by Crippen LogP contribution is -2.29. The van der Waals surface area contributed by atoms with Gasteiger partial charge < -0.3 is 19.5 Å². The van der Waals surface area contributed by atoms with Crippen molar-refractivity contribution in [3.05, 3.63) is 104 Å². The topological polar surface area (TPSA) is 87.5 Å². The molecule has 5 rings (SSSR count). The zero-order chi connectivity index (χ0) is 29.6. The summed E-state index contributed by atoms with van der Waals surface area (Å²) in [6, 6.07) is 20.3. The van der Waals surface area contributed by atoms with Crippen LogP contribution in [0.1, 0.15) is 43.5 Å². The van der Waals surface area contributed by atoms with Gasteiger partial charge in [0, 0.05) is 10.7 Å². The van der Waals surface area contributed by atoms with Gasteiger partial charge in [-0.25, -0.2) is 9.48 Å². The number of esters is 1. The number of allylic oxidation sites excluding steroid dienone is 1. The molecule has 0 aliphatic carbocycles. The average Bonchev–Trinajstić information content (AvgIpc) is 3.38. The summed E-state index contributed by atoms with van der Waals surface area (Å²) in [5, 5.41) is 9.29. The van der Waals surface area contributed by atoms with Crippen LogP contribution in [-0.2, 0) is 22.7 Å². The van der Waals surface area contributed by atoms with Gasteiger partial charge in [-0.05, 0) is 76.5 Å². The Morgan fingerprint density at radius 1 is 1.05 bits per heavy atom. The molecule has 1 unspecified atom stereocenters. The van der Waals surface area contributed by atoms with E-state index in [1.807, 2.05) is 87.5 Å². The zero-order valence-corrected chi connectivity index (χ0v) is 26.6. The van der Waals surface area contributed by atoms with E-state index in [1.165, 1.54) is 11.8 Å². The maximum Gasteiger partial charge on any atom is 0.338 e. The van der Waals surface area contributed by atoms with Crippen molar-refractivity contribution in [1.82, 2.24) is 14.8 Å². The smallest absolute Gasteiger partial charge is 0.338 e. The molecule has 4 aromatic rings. The summed E-state index contributed by atoms with van der Waals surface area (Å²) in [4.78, 5) is 18.4. The summed E-state index contributed by atoms with van der Waals surface area (Å²) in [7, 11) is 0. The average molecular weight is 670 g/mol. The third-order valence-corrected chi connectivity index (χ3v) is 8.04. The van der Waals surface area contributed by atoms with Crippen LogP contribution in [-0.4, -0.2) is 33.1 Å². The molecule has 0 spiro atoms. The number of anilines is 1. The molecule has 1 aromatic heterocycles. The minimum Gasteiger partial charge on any atom is -0.490 e. The molecule has 0 amide bonds. The molecule has 8 nitrogen and oxygen atoms in total. The Hall–Kier alpha value is -3.47. The number of benzene rings is 3. The van der Waals surface area contributed by atoms with Crippen molar-refractivity contribution in [3.8, 4) is 11.5 Å². The molecule has 2 heterocycles. The molecule has 218 valence electrons. The van der Waals surface area contributed by atoms with Gasteiger partial charge in [0.15, 0.2) is 11.5 Å². The van der Waals surface area contributed by atoms with Crippen molar-refractivity contribution in [2.45, 2.75) is 45.2 Å². The molecular formula is C31H30BrClN4O4S. The highest BCUT2D eigenvalue weighted by atomic mass is 79.9. The molecule has 0 bridgehead atoms. The fourth-order valence-corrected chi connectivity index (χ4v) is 5.84. The molecule has 11 heteroatoms. The molecule has 1 aliphatic rings. The number of thioether (sulfide) groups is 1. The van der Waals surface area contributed by atoms with Gasteiger partial charge in [0.1, 0.15) is 19.3 Å². The van der Waals surface area contributed by atoms with E-state index in [4.69, 9.17) is 30.9 Å². The highest BCUT2D eigenvalue weighted by Crippen LogP contribution is 2.43. The van der Waals surface area contributed by atoms with Crippen LogP contribution >= 0.6 is 39.3 Å². The number of rotatable bonds is 11. The highest BCUT2D eigenvalue weighted by molar-refractivity contribution is 9.10. The normalized spacial score (nSPS) is 14.3. The first-order valence-electron chi connectivity index (χ1n) is 13.5. The van der Waals surface area contributed by atoms with Crippen molar-refractivity contribution in [2.24, 2.45) is 0 Å². The first-order valence-corrected chi connectivity index (χ1v) is 15.6. The zero-order valence-electron chi connectivity index (χ0n) is 23.4. The highest BCUT2D eigenvalue weighted by Gasteiger charge is 2.36. The third-order valence-electron chi connectivity index (χ3n) is 6.48. The summed E-state index contributed by atoms with van der Waals surface area (Å²) in [5.74, 6) is 2.00. The van der Waals surface area contributed by atoms with Crippen molar-refractivity contribution < 1.29 is 19.0 Å². The Morgan fingerprint density at radius 2 is 1.79 bits per heavy atom. The summed E-state index contributed by atoms with van der Waals surface area (Å²) in [5.41, 5.74) is 3.70. The summed E-state index contributed by atoms with van der Waals surface area (Å²) in [6.07, 6.45) is 0. The predicted molar refractivity (Wildman–Crippen MR) is 168 cm³/mol. The number of nitrogens with zero attached hydrogens (tertiary/aromatic N) is 3. The second kappa shape index (κ2) is 13.7. The number of fused-ring (bicyclic) bond motifs is 1. The summed E-state index contributed by atoms with van der Waals surface area (Å²) < 4.78 is 20.5. The second-order valence-electron chi connectivity index (χ2n) is 9.40. The van der Waals surface area contributed by atoms with Crippen LogP contribution in [0.15, 0.2) is 87.6 Å². The summed E-state index contributed by atoms with van der Waals surface area (Å²) in [6.45, 7) is 6.69. The van der Waals surface area contributed by atoms with E-state index in [0.29, 0.717) is 56.6 Å². The van der Waals surface area contributed by atoms with Gasteiger partial charge >= 0.3 is 5.97 Å². The maximum atomic E-state index is 13.7. The first kappa shape index (κ1) is 30.0. The van der Waals surface area contributed by atoms with E-state index in [2.05, 4.69) is 26.2 Å². The Bertz CT molecular complexity index is 1590. The summed E-state index contributed by atoms with van der Waals surface area (Å²) >= 11 is 11.3. The van der Waals surface area contributed by atoms with Gasteiger partial charge in [-0.2, -0.15) is 4.98 Å². The Morgan fingerprint density at radius 3 is 2.50 bits per heavy atom. The van der Waals surface area contributed by atoms with E-state index < -0.39 is 12.0 Å². The molecule has 1 atom stereocenters. The van der Waals surface area contributed by atoms with Crippen LogP contribution in [0.3, 0.4) is 0 Å². The molecule has 3 aromatic carbocycles. The monoisotopic (exact) mass is 668 g/mol. The molecular weight excluding hydrogens is 640 g/mol. The lowest BCUT2D eigenvalue weighted by molar-refractivity contribution is -0.140. The largest absolute Gasteiger partial charge is 0.490 e. The number of halogens is 2. The van der Waals surface area contributed by atoms with E-state index in [0.717, 1.165) is 22.4 Å². The van der Waals surface area contributed by atoms with E-state index >= 15 is 0 Å². The standard InChI is InChI=1S/C31H30BrClN4O4S/c1-4-39-25-16-22(15-24(32)28(25)40-17-21-11-13-23(33)14-12-21)27-26(29(38)41-18-20-9-7-6-8-10-20)19(3)34-30-35-31(42-5-2)36-37(27)30/h6-16,27H,4-5,17-18H2,1-3H3,(H,34,35,36). The minimum absolute atomic E-state index is 0.149. The van der Waals surface area contributed by atoms with Crippen molar-refractivity contribution >= 4 is 51.2 Å². The Kier molecular flexibility index (Phi) is 9.76. The number of carbonyl (C=O) groups excluding carboxylic acids is 1. The SMILES string of the molecule is CCOc1cc(C2C(C(=O)OCc3ccccc3)=C(C)Nc3nc(SCC)nn32)cc(Br)c1OCc1ccc(Cl)cc1. The maximum absolute atomic E-state index is 13.7. The molecule has 1 N–H and O–H groups in total. The number of ether oxygens (including phenoxy) is 3. The van der Waals surface area contributed by atoms with Gasteiger partial charge in [-0.3, -0.25) is 0 Å². The number of aromatic nitrogens is 3. The lowest BCUT2D eigenvalue weighted by Gasteiger charge is -2.29. The fraction of sp³-hybridized carbons (Fsp3) is 0.258. The number of carbonyl (C=O) groups is 1. The van der Waals surface area contributed by atoms with E-state index in [9.17, 15) is 4.79 Å². The van der Waals surface area contributed by atoms with Crippen molar-refractivity contribution in [1.29, 1.82) is 0 Å². The fourth-order valence-electron chi connectivity index (χ4n) is 4.58. The van der Waals surface area contributed by atoms with Gasteiger partial charge in [-0.15, -0.1) is 5.10 Å². The van der Waals surface area contributed by atoms with Gasteiger partial charge in [-0.1, -0.05) is 72.8 Å². The van der Waals surface area contributed by atoms with Crippen LogP contribution < -0.4 is 14.8 Å². The minimum atomic E-state index is -0.621. The second-order valence-corrected chi connectivity index (χ2v) is 11.9. The van der Waals surface area contributed by atoms with E-state index in [1.54, 1.807) is 4.68 Å². The molecule has 1 aliphatic heterocycles. The Balaban J connectivity index is 1.52. The first-order chi connectivity index (χ1) is 20.4. The third kappa shape index (κ3) is 6.77. The van der Waals surface area contributed by atoms with Crippen LogP contribution in [0.25, 0.3) is 0 Å². The molecule has 0 saturated carbocycles. The molecule has 0 radical (unpaired) electrons. The molecule has 0 saturated heterocycles. The van der Waals surface area contributed by atoms with Crippen LogP contribution in [0.5, 0.6) is 11.5 Å². The van der Waals surface area contributed by atoms with Crippen LogP contribution in [0.2, 0.25) is 5.02 Å². The van der Waals surface area contributed by atoms with Gasteiger partial charge in [0.25, 0.3) is 0 Å². The number of hydrogen-bond donors (Lipinski definition) is 1. The van der Waals surface area contributed by atoms with Gasteiger partial charge in [0.05, 0.1) is 16.7 Å². The predicted octanol–water partition coefficient (Wildman–Crippen LogP) is 7.82.